The highest BCUT2D eigenvalue weighted by molar-refractivity contribution is 8.00. The maximum absolute atomic E-state index is 12.6. The molecular formula is C24H29N3O4S. The lowest BCUT2D eigenvalue weighted by Crippen LogP contribution is -2.35. The molecule has 0 aliphatic heterocycles. The molecule has 0 radical (unpaired) electrons. The van der Waals surface area contributed by atoms with E-state index in [0.29, 0.717) is 21.8 Å². The minimum absolute atomic E-state index is 0.0497. The first kappa shape index (κ1) is 25.1. The zero-order valence-corrected chi connectivity index (χ0v) is 19.8. The van der Waals surface area contributed by atoms with Gasteiger partial charge in [-0.25, -0.2) is 0 Å². The summed E-state index contributed by atoms with van der Waals surface area (Å²) < 4.78 is 0. The molecule has 0 unspecified atom stereocenters. The van der Waals surface area contributed by atoms with Crippen molar-refractivity contribution in [2.45, 2.75) is 44.8 Å². The van der Waals surface area contributed by atoms with Crippen LogP contribution in [0.25, 0.3) is 0 Å². The Balaban J connectivity index is 2.01. The molecule has 3 amide bonds. The van der Waals surface area contributed by atoms with Gasteiger partial charge >= 0.3 is 0 Å². The molecule has 0 saturated carbocycles. The van der Waals surface area contributed by atoms with Crippen LogP contribution in [-0.4, -0.2) is 35.3 Å². The largest absolute Gasteiger partial charge is 0.345 e. The van der Waals surface area contributed by atoms with Crippen molar-refractivity contribution < 1.29 is 19.2 Å². The smallest absolute Gasteiger partial charge is 0.252 e. The molecule has 0 spiro atoms. The van der Waals surface area contributed by atoms with Gasteiger partial charge in [-0.2, -0.15) is 0 Å². The Kier molecular flexibility index (Phi) is 8.60. The number of carbonyl (C=O) groups is 4. The first-order chi connectivity index (χ1) is 15.0. The standard InChI is InChI=1S/C24H29N3O4S/c1-15(22(30)27-18-12-10-17(11-13-18)26-16(2)28)32-20-9-7-6-8-19(20)23(31)25-14-21(29)24(3,4)5/h6-13,15H,14H2,1-5H3,(H,25,31)(H,26,28)(H,27,30)/t15-/m0/s1. The van der Waals surface area contributed by atoms with Crippen molar-refractivity contribution in [3.63, 3.8) is 0 Å². The number of ketones is 1. The number of thioether (sulfide) groups is 1. The molecule has 0 saturated heterocycles. The lowest BCUT2D eigenvalue weighted by molar-refractivity contribution is -0.125. The van der Waals surface area contributed by atoms with E-state index in [1.807, 2.05) is 0 Å². The normalized spacial score (nSPS) is 11.9. The van der Waals surface area contributed by atoms with Gasteiger partial charge in [0.05, 0.1) is 17.4 Å². The van der Waals surface area contributed by atoms with Crippen LogP contribution in [0, 0.1) is 5.41 Å². The second kappa shape index (κ2) is 10.9. The van der Waals surface area contributed by atoms with Gasteiger partial charge in [-0.15, -0.1) is 11.8 Å². The molecule has 0 aliphatic carbocycles. The van der Waals surface area contributed by atoms with E-state index in [4.69, 9.17) is 0 Å². The summed E-state index contributed by atoms with van der Waals surface area (Å²) in [5.74, 6) is -0.808. The third-order valence-corrected chi connectivity index (χ3v) is 5.70. The number of amides is 3. The summed E-state index contributed by atoms with van der Waals surface area (Å²) in [6, 6.07) is 13.8. The van der Waals surface area contributed by atoms with E-state index in [9.17, 15) is 19.2 Å². The number of nitrogens with one attached hydrogen (secondary N) is 3. The van der Waals surface area contributed by atoms with Crippen LogP contribution in [0.3, 0.4) is 0 Å². The molecule has 0 fully saturated rings. The van der Waals surface area contributed by atoms with E-state index in [2.05, 4.69) is 16.0 Å². The Morgan fingerprint density at radius 2 is 1.47 bits per heavy atom. The van der Waals surface area contributed by atoms with Crippen LogP contribution in [0.2, 0.25) is 0 Å². The maximum atomic E-state index is 12.6. The number of benzene rings is 2. The lowest BCUT2D eigenvalue weighted by atomic mass is 9.91. The lowest BCUT2D eigenvalue weighted by Gasteiger charge is -2.18. The van der Waals surface area contributed by atoms with Gasteiger partial charge in [0.1, 0.15) is 0 Å². The van der Waals surface area contributed by atoms with Gasteiger partial charge in [-0.3, -0.25) is 19.2 Å². The summed E-state index contributed by atoms with van der Waals surface area (Å²) in [6.07, 6.45) is 0. The summed E-state index contributed by atoms with van der Waals surface area (Å²) in [5, 5.41) is 7.70. The van der Waals surface area contributed by atoms with Crippen LogP contribution >= 0.6 is 11.8 Å². The highest BCUT2D eigenvalue weighted by Crippen LogP contribution is 2.28. The molecule has 170 valence electrons. The second-order valence-corrected chi connectivity index (χ2v) is 9.74. The van der Waals surface area contributed by atoms with Crippen molar-refractivity contribution in [3.8, 4) is 0 Å². The summed E-state index contributed by atoms with van der Waals surface area (Å²) in [6.45, 7) is 8.54. The van der Waals surface area contributed by atoms with Gasteiger partial charge in [0.2, 0.25) is 11.8 Å². The van der Waals surface area contributed by atoms with Crippen molar-refractivity contribution >= 4 is 46.6 Å². The van der Waals surface area contributed by atoms with Gasteiger partial charge in [-0.1, -0.05) is 32.9 Å². The summed E-state index contributed by atoms with van der Waals surface area (Å²) >= 11 is 1.26. The van der Waals surface area contributed by atoms with E-state index in [-0.39, 0.29) is 30.0 Å². The van der Waals surface area contributed by atoms with Crippen LogP contribution in [0.1, 0.15) is 45.0 Å². The van der Waals surface area contributed by atoms with Crippen molar-refractivity contribution in [1.29, 1.82) is 0 Å². The van der Waals surface area contributed by atoms with Gasteiger partial charge in [0.15, 0.2) is 5.78 Å². The van der Waals surface area contributed by atoms with Gasteiger partial charge in [0.25, 0.3) is 5.91 Å². The molecule has 32 heavy (non-hydrogen) atoms. The highest BCUT2D eigenvalue weighted by atomic mass is 32.2. The average Bonchev–Trinajstić information content (AvgIpc) is 2.72. The monoisotopic (exact) mass is 455 g/mol. The Hall–Kier alpha value is -3.13. The first-order valence-electron chi connectivity index (χ1n) is 10.2. The van der Waals surface area contributed by atoms with Gasteiger partial charge in [0, 0.05) is 28.6 Å². The number of Topliss-reactive ketones (excluding diaryl/α,β-unsaturated/α-hetero) is 1. The van der Waals surface area contributed by atoms with Gasteiger partial charge in [-0.05, 0) is 43.3 Å². The van der Waals surface area contributed by atoms with Crippen molar-refractivity contribution in [2.24, 2.45) is 5.41 Å². The van der Waals surface area contributed by atoms with Crippen LogP contribution in [0.4, 0.5) is 11.4 Å². The van der Waals surface area contributed by atoms with Crippen molar-refractivity contribution in [3.05, 3.63) is 54.1 Å². The van der Waals surface area contributed by atoms with Crippen molar-refractivity contribution in [2.75, 3.05) is 17.2 Å². The Morgan fingerprint density at radius 3 is 2.03 bits per heavy atom. The number of hydrogen-bond donors (Lipinski definition) is 3. The second-order valence-electron chi connectivity index (χ2n) is 8.36. The molecule has 0 aliphatic rings. The van der Waals surface area contributed by atoms with E-state index in [1.54, 1.807) is 76.2 Å². The number of carbonyl (C=O) groups excluding carboxylic acids is 4. The average molecular weight is 456 g/mol. The minimum Gasteiger partial charge on any atom is -0.345 e. The fraction of sp³-hybridized carbons (Fsp3) is 0.333. The zero-order valence-electron chi connectivity index (χ0n) is 18.9. The fourth-order valence-corrected chi connectivity index (χ4v) is 3.60. The molecule has 2 aromatic rings. The Morgan fingerprint density at radius 1 is 0.906 bits per heavy atom. The predicted molar refractivity (Wildman–Crippen MR) is 128 cm³/mol. The highest BCUT2D eigenvalue weighted by Gasteiger charge is 2.23. The van der Waals surface area contributed by atoms with Crippen LogP contribution in [0.5, 0.6) is 0 Å². The molecule has 0 heterocycles. The minimum atomic E-state index is -0.533. The zero-order chi connectivity index (χ0) is 23.9. The summed E-state index contributed by atoms with van der Waals surface area (Å²) in [5.41, 5.74) is 1.12. The quantitative estimate of drug-likeness (QED) is 0.520. The molecule has 1 atom stereocenters. The third kappa shape index (κ3) is 7.53. The SMILES string of the molecule is CC(=O)Nc1ccc(NC(=O)[C@H](C)Sc2ccccc2C(=O)NCC(=O)C(C)(C)C)cc1. The van der Waals surface area contributed by atoms with E-state index in [1.165, 1.54) is 18.7 Å². The van der Waals surface area contributed by atoms with Crippen molar-refractivity contribution in [1.82, 2.24) is 5.32 Å². The van der Waals surface area contributed by atoms with Crippen LogP contribution in [-0.2, 0) is 14.4 Å². The number of hydrogen-bond acceptors (Lipinski definition) is 5. The van der Waals surface area contributed by atoms with E-state index >= 15 is 0 Å². The van der Waals surface area contributed by atoms with Gasteiger partial charge < -0.3 is 16.0 Å². The van der Waals surface area contributed by atoms with E-state index in [0.717, 1.165) is 0 Å². The first-order valence-corrected chi connectivity index (χ1v) is 11.1. The Labute approximate surface area is 192 Å². The number of rotatable bonds is 8. The van der Waals surface area contributed by atoms with Crippen LogP contribution < -0.4 is 16.0 Å². The third-order valence-electron chi connectivity index (χ3n) is 4.52. The molecule has 0 bridgehead atoms. The topological polar surface area (TPSA) is 104 Å². The Bertz CT molecular complexity index is 997. The molecule has 3 N–H and O–H groups in total. The molecule has 0 aromatic heterocycles. The summed E-state index contributed by atoms with van der Waals surface area (Å²) in [7, 11) is 0. The molecular weight excluding hydrogens is 426 g/mol. The van der Waals surface area contributed by atoms with E-state index < -0.39 is 10.7 Å². The predicted octanol–water partition coefficient (Wildman–Crippen LogP) is 4.11. The molecule has 8 heteroatoms. The molecule has 2 rings (SSSR count). The maximum Gasteiger partial charge on any atom is 0.252 e. The fourth-order valence-electron chi connectivity index (χ4n) is 2.61. The summed E-state index contributed by atoms with van der Waals surface area (Å²) in [4.78, 5) is 49.1. The molecule has 7 nitrogen and oxygen atoms in total. The molecule has 2 aromatic carbocycles. The van der Waals surface area contributed by atoms with Crippen LogP contribution in [0.15, 0.2) is 53.4 Å². The number of anilines is 2.